The fraction of sp³-hybridized carbons (Fsp3) is 0.875. The summed E-state index contributed by atoms with van der Waals surface area (Å²) in [5.74, 6) is 0. The standard InChI is InChI=1S/C8H15O3/c1-4-6-8(10-3)7(9)5(2)11-6/h4-9H,1-3H3. The average Bonchev–Trinajstić information content (AvgIpc) is 2.28. The molecule has 1 aliphatic rings. The molecule has 65 valence electrons. The molecule has 0 bridgehead atoms. The van der Waals surface area contributed by atoms with Crippen LogP contribution in [0, 0.1) is 6.42 Å². The van der Waals surface area contributed by atoms with Gasteiger partial charge in [0.15, 0.2) is 0 Å². The van der Waals surface area contributed by atoms with Gasteiger partial charge in [-0.25, -0.2) is 0 Å². The predicted molar refractivity (Wildman–Crippen MR) is 41.1 cm³/mol. The highest BCUT2D eigenvalue weighted by Gasteiger charge is 2.40. The Morgan fingerprint density at radius 1 is 1.55 bits per heavy atom. The number of rotatable bonds is 2. The second-order valence-corrected chi connectivity index (χ2v) is 2.83. The summed E-state index contributed by atoms with van der Waals surface area (Å²) in [6.07, 6.45) is 1.02. The lowest BCUT2D eigenvalue weighted by atomic mass is 10.1. The topological polar surface area (TPSA) is 38.7 Å². The van der Waals surface area contributed by atoms with E-state index in [0.717, 1.165) is 0 Å². The van der Waals surface area contributed by atoms with E-state index in [9.17, 15) is 5.11 Å². The van der Waals surface area contributed by atoms with Crippen molar-refractivity contribution in [2.75, 3.05) is 7.11 Å². The van der Waals surface area contributed by atoms with Crippen molar-refractivity contribution in [1.29, 1.82) is 0 Å². The van der Waals surface area contributed by atoms with Gasteiger partial charge in [-0.15, -0.1) is 0 Å². The van der Waals surface area contributed by atoms with Crippen LogP contribution < -0.4 is 0 Å². The van der Waals surface area contributed by atoms with E-state index in [0.29, 0.717) is 0 Å². The summed E-state index contributed by atoms with van der Waals surface area (Å²) in [4.78, 5) is 0. The van der Waals surface area contributed by atoms with Crippen LogP contribution in [0.15, 0.2) is 0 Å². The summed E-state index contributed by atoms with van der Waals surface area (Å²) in [6, 6.07) is 0. The van der Waals surface area contributed by atoms with E-state index < -0.39 is 6.10 Å². The van der Waals surface area contributed by atoms with E-state index in [1.54, 1.807) is 7.11 Å². The van der Waals surface area contributed by atoms with Gasteiger partial charge in [-0.3, -0.25) is 0 Å². The van der Waals surface area contributed by atoms with Gasteiger partial charge in [0.2, 0.25) is 0 Å². The average molecular weight is 159 g/mol. The second kappa shape index (κ2) is 3.52. The minimum Gasteiger partial charge on any atom is -0.388 e. The maximum Gasteiger partial charge on any atom is 0.112 e. The molecule has 3 nitrogen and oxygen atoms in total. The van der Waals surface area contributed by atoms with Gasteiger partial charge in [0.1, 0.15) is 12.2 Å². The summed E-state index contributed by atoms with van der Waals surface area (Å²) in [6.45, 7) is 3.75. The lowest BCUT2D eigenvalue weighted by molar-refractivity contribution is 0.0000150. The summed E-state index contributed by atoms with van der Waals surface area (Å²) in [5.41, 5.74) is 0. The van der Waals surface area contributed by atoms with Crippen LogP contribution in [-0.4, -0.2) is 36.6 Å². The molecule has 1 heterocycles. The Labute approximate surface area is 67.3 Å². The quantitative estimate of drug-likeness (QED) is 0.632. The highest BCUT2D eigenvalue weighted by molar-refractivity contribution is 4.94. The Hall–Kier alpha value is -0.120. The first-order chi connectivity index (χ1) is 5.20. The number of hydrogen-bond donors (Lipinski definition) is 1. The molecule has 0 saturated carbocycles. The monoisotopic (exact) mass is 159 g/mol. The van der Waals surface area contributed by atoms with Crippen LogP contribution in [0.3, 0.4) is 0 Å². The molecule has 1 aliphatic heterocycles. The van der Waals surface area contributed by atoms with Gasteiger partial charge in [-0.2, -0.15) is 0 Å². The molecule has 0 aromatic rings. The fourth-order valence-electron chi connectivity index (χ4n) is 1.41. The van der Waals surface area contributed by atoms with Crippen LogP contribution in [0.1, 0.15) is 13.8 Å². The Kier molecular flexibility index (Phi) is 2.87. The number of ether oxygens (including phenoxy) is 2. The molecule has 4 atom stereocenters. The zero-order chi connectivity index (χ0) is 8.43. The molecule has 1 fully saturated rings. The Bertz CT molecular complexity index is 127. The Balaban J connectivity index is 2.57. The van der Waals surface area contributed by atoms with Crippen LogP contribution in [0.4, 0.5) is 0 Å². The maximum atomic E-state index is 9.49. The van der Waals surface area contributed by atoms with Gasteiger partial charge < -0.3 is 14.6 Å². The van der Waals surface area contributed by atoms with Crippen LogP contribution in [0.5, 0.6) is 0 Å². The second-order valence-electron chi connectivity index (χ2n) is 2.83. The number of hydrogen-bond acceptors (Lipinski definition) is 3. The van der Waals surface area contributed by atoms with Crippen molar-refractivity contribution in [1.82, 2.24) is 0 Å². The van der Waals surface area contributed by atoms with Gasteiger partial charge in [0.25, 0.3) is 0 Å². The molecule has 0 spiro atoms. The lowest BCUT2D eigenvalue weighted by Gasteiger charge is -2.16. The van der Waals surface area contributed by atoms with E-state index in [-0.39, 0.29) is 18.3 Å². The molecule has 0 aliphatic carbocycles. The first-order valence-corrected chi connectivity index (χ1v) is 3.86. The zero-order valence-corrected chi connectivity index (χ0v) is 7.15. The summed E-state index contributed by atoms with van der Waals surface area (Å²) < 4.78 is 10.5. The Morgan fingerprint density at radius 2 is 2.18 bits per heavy atom. The molecule has 1 N–H and O–H groups in total. The maximum absolute atomic E-state index is 9.49. The molecule has 0 amide bonds. The molecule has 11 heavy (non-hydrogen) atoms. The molecule has 1 rings (SSSR count). The number of aliphatic hydroxyl groups is 1. The van der Waals surface area contributed by atoms with E-state index in [1.807, 2.05) is 20.3 Å². The molecule has 3 heteroatoms. The molecular formula is C8H15O3. The smallest absolute Gasteiger partial charge is 0.112 e. The van der Waals surface area contributed by atoms with Gasteiger partial charge in [-0.1, -0.05) is 6.92 Å². The predicted octanol–water partition coefficient (Wildman–Crippen LogP) is 0.374. The molecule has 1 saturated heterocycles. The van der Waals surface area contributed by atoms with Crippen LogP contribution in [0.2, 0.25) is 0 Å². The van der Waals surface area contributed by atoms with E-state index >= 15 is 0 Å². The van der Waals surface area contributed by atoms with Gasteiger partial charge in [0.05, 0.1) is 12.2 Å². The first-order valence-electron chi connectivity index (χ1n) is 3.86. The van der Waals surface area contributed by atoms with Crippen molar-refractivity contribution < 1.29 is 14.6 Å². The van der Waals surface area contributed by atoms with Crippen LogP contribution >= 0.6 is 0 Å². The van der Waals surface area contributed by atoms with E-state index in [4.69, 9.17) is 9.47 Å². The van der Waals surface area contributed by atoms with Crippen molar-refractivity contribution >= 4 is 0 Å². The van der Waals surface area contributed by atoms with Crippen molar-refractivity contribution in [3.8, 4) is 0 Å². The van der Waals surface area contributed by atoms with E-state index in [1.165, 1.54) is 0 Å². The normalized spacial score (nSPS) is 44.7. The highest BCUT2D eigenvalue weighted by atomic mass is 16.6. The zero-order valence-electron chi connectivity index (χ0n) is 7.15. The minimum absolute atomic E-state index is 0.0648. The molecule has 0 aromatic carbocycles. The first kappa shape index (κ1) is 8.97. The van der Waals surface area contributed by atoms with Crippen LogP contribution in [-0.2, 0) is 9.47 Å². The highest BCUT2D eigenvalue weighted by Crippen LogP contribution is 2.24. The van der Waals surface area contributed by atoms with Gasteiger partial charge in [-0.05, 0) is 13.3 Å². The number of methoxy groups -OCH3 is 1. The van der Waals surface area contributed by atoms with Crippen molar-refractivity contribution in [2.24, 2.45) is 0 Å². The fourth-order valence-corrected chi connectivity index (χ4v) is 1.41. The summed E-state index contributed by atoms with van der Waals surface area (Å²) >= 11 is 0. The summed E-state index contributed by atoms with van der Waals surface area (Å²) in [7, 11) is 1.59. The van der Waals surface area contributed by atoms with Crippen molar-refractivity contribution in [2.45, 2.75) is 38.3 Å². The SMILES string of the molecule is C[CH]C1OC(C)C(O)C1OC. The third-order valence-corrected chi connectivity index (χ3v) is 2.11. The third kappa shape index (κ3) is 1.55. The largest absolute Gasteiger partial charge is 0.388 e. The van der Waals surface area contributed by atoms with Crippen molar-refractivity contribution in [3.63, 3.8) is 0 Å². The Morgan fingerprint density at radius 3 is 2.55 bits per heavy atom. The molecule has 1 radical (unpaired) electrons. The van der Waals surface area contributed by atoms with Crippen molar-refractivity contribution in [3.05, 3.63) is 6.42 Å². The third-order valence-electron chi connectivity index (χ3n) is 2.11. The van der Waals surface area contributed by atoms with Gasteiger partial charge in [0, 0.05) is 7.11 Å². The lowest BCUT2D eigenvalue weighted by Crippen LogP contribution is -2.33. The molecular weight excluding hydrogens is 144 g/mol. The molecule has 0 aromatic heterocycles. The summed E-state index contributed by atoms with van der Waals surface area (Å²) in [5, 5.41) is 9.49. The minimum atomic E-state index is -0.499. The van der Waals surface area contributed by atoms with Crippen LogP contribution in [0.25, 0.3) is 0 Å². The molecule has 4 unspecified atom stereocenters. The van der Waals surface area contributed by atoms with E-state index in [2.05, 4.69) is 0 Å². The number of aliphatic hydroxyl groups excluding tert-OH is 1. The van der Waals surface area contributed by atoms with Gasteiger partial charge >= 0.3 is 0 Å².